The highest BCUT2D eigenvalue weighted by Gasteiger charge is 2.24. The van der Waals surface area contributed by atoms with Gasteiger partial charge < -0.3 is 16.0 Å². The fraction of sp³-hybridized carbons (Fsp3) is 0.714. The highest BCUT2D eigenvalue weighted by Crippen LogP contribution is 2.22. The molecular weight excluding hydrogens is 370 g/mol. The van der Waals surface area contributed by atoms with Crippen LogP contribution < -0.4 is 11.1 Å². The molecule has 1 aromatic rings. The smallest absolute Gasteiger partial charge is 0.217 e. The molecule has 1 atom stereocenters. The van der Waals surface area contributed by atoms with Gasteiger partial charge in [0.25, 0.3) is 0 Å². The molecule has 0 saturated carbocycles. The minimum atomic E-state index is -0.192. The highest BCUT2D eigenvalue weighted by atomic mass is 32.1. The fourth-order valence-corrected chi connectivity index (χ4v) is 5.05. The number of nitrogens with zero attached hydrogens (tertiary/aromatic N) is 3. The Balaban J connectivity index is 1.48. The molecule has 0 spiro atoms. The summed E-state index contributed by atoms with van der Waals surface area (Å²) in [5.41, 5.74) is 5.41. The molecule has 2 aliphatic heterocycles. The van der Waals surface area contributed by atoms with Crippen molar-refractivity contribution in [3.05, 3.63) is 22.4 Å². The first-order valence-corrected chi connectivity index (χ1v) is 11.6. The zero-order valence-electron chi connectivity index (χ0n) is 17.1. The first-order chi connectivity index (χ1) is 13.6. The third-order valence-electron chi connectivity index (χ3n) is 5.81. The Labute approximate surface area is 173 Å². The summed E-state index contributed by atoms with van der Waals surface area (Å²) in [4.78, 5) is 22.6. The largest absolute Gasteiger partial charge is 0.370 e. The van der Waals surface area contributed by atoms with E-state index in [9.17, 15) is 4.79 Å². The summed E-state index contributed by atoms with van der Waals surface area (Å²) < 4.78 is 0. The lowest BCUT2D eigenvalue weighted by Gasteiger charge is -2.35. The molecule has 1 amide bonds. The van der Waals surface area contributed by atoms with Gasteiger partial charge in [-0.25, -0.2) is 0 Å². The maximum absolute atomic E-state index is 11.3. The van der Waals surface area contributed by atoms with Gasteiger partial charge in [0.15, 0.2) is 5.96 Å². The monoisotopic (exact) mass is 405 g/mol. The summed E-state index contributed by atoms with van der Waals surface area (Å²) in [6.07, 6.45) is 5.11. The number of hydrogen-bond donors (Lipinski definition) is 2. The van der Waals surface area contributed by atoms with Crippen LogP contribution in [-0.4, -0.2) is 60.9 Å². The Hall–Kier alpha value is -1.60. The van der Waals surface area contributed by atoms with Crippen LogP contribution in [0.5, 0.6) is 0 Å². The number of aliphatic imine (C=N–C) groups is 1. The summed E-state index contributed by atoms with van der Waals surface area (Å²) in [6, 6.07) is 4.37. The Kier molecular flexibility index (Phi) is 8.15. The summed E-state index contributed by atoms with van der Waals surface area (Å²) in [5, 5.41) is 5.62. The number of hydrogen-bond acceptors (Lipinski definition) is 4. The minimum absolute atomic E-state index is 0.192. The van der Waals surface area contributed by atoms with E-state index in [1.807, 2.05) is 11.3 Å². The molecule has 6 nitrogen and oxygen atoms in total. The van der Waals surface area contributed by atoms with Gasteiger partial charge in [-0.3, -0.25) is 14.7 Å². The van der Waals surface area contributed by atoms with Crippen molar-refractivity contribution in [2.24, 2.45) is 22.6 Å². The van der Waals surface area contributed by atoms with E-state index in [1.165, 1.54) is 30.8 Å². The van der Waals surface area contributed by atoms with Crippen LogP contribution in [0.2, 0.25) is 0 Å². The Morgan fingerprint density at radius 1 is 1.29 bits per heavy atom. The molecule has 2 aliphatic rings. The van der Waals surface area contributed by atoms with Crippen molar-refractivity contribution in [2.45, 2.75) is 45.6 Å². The van der Waals surface area contributed by atoms with Crippen molar-refractivity contribution in [3.8, 4) is 0 Å². The van der Waals surface area contributed by atoms with Crippen molar-refractivity contribution in [3.63, 3.8) is 0 Å². The summed E-state index contributed by atoms with van der Waals surface area (Å²) >= 11 is 1.85. The maximum atomic E-state index is 11.3. The number of guanidine groups is 1. The number of rotatable bonds is 7. The van der Waals surface area contributed by atoms with Gasteiger partial charge in [0.05, 0.1) is 0 Å². The molecular formula is C21H35N5OS. The van der Waals surface area contributed by atoms with Gasteiger partial charge >= 0.3 is 0 Å². The molecule has 2 fully saturated rings. The van der Waals surface area contributed by atoms with Crippen LogP contribution in [0, 0.1) is 11.8 Å². The molecule has 0 aliphatic carbocycles. The first-order valence-electron chi connectivity index (χ1n) is 10.7. The average Bonchev–Trinajstić information content (AvgIpc) is 3.19. The van der Waals surface area contributed by atoms with Crippen LogP contribution in [0.1, 0.15) is 43.9 Å². The Bertz CT molecular complexity index is 625. The zero-order valence-corrected chi connectivity index (χ0v) is 17.9. The molecule has 0 radical (unpaired) electrons. The van der Waals surface area contributed by atoms with Crippen molar-refractivity contribution < 1.29 is 4.79 Å². The lowest BCUT2D eigenvalue weighted by Crippen LogP contribution is -2.47. The molecule has 7 heteroatoms. The van der Waals surface area contributed by atoms with Crippen LogP contribution in [-0.2, 0) is 11.3 Å². The molecule has 3 N–H and O–H groups in total. The quantitative estimate of drug-likeness (QED) is 0.540. The topological polar surface area (TPSA) is 74.0 Å². The first kappa shape index (κ1) is 21.1. The summed E-state index contributed by atoms with van der Waals surface area (Å²) in [6.45, 7) is 9.20. The highest BCUT2D eigenvalue weighted by molar-refractivity contribution is 7.09. The minimum Gasteiger partial charge on any atom is -0.370 e. The second-order valence-corrected chi connectivity index (χ2v) is 9.15. The standard InChI is InChI=1S/C21H35N5OS/c1-2-23-21(26-9-3-5-18(15-26)13-20(22)27)24-14-17-7-10-25(11-8-17)16-19-6-4-12-28-19/h4,6,12,17-18H,2-3,5,7-11,13-16H2,1H3,(H2,22,27)(H,23,24). The third kappa shape index (κ3) is 6.48. The van der Waals surface area contributed by atoms with Crippen LogP contribution in [0.4, 0.5) is 0 Å². The molecule has 2 saturated heterocycles. The van der Waals surface area contributed by atoms with Gasteiger partial charge in [0, 0.05) is 44.0 Å². The van der Waals surface area contributed by atoms with E-state index in [0.717, 1.165) is 51.5 Å². The number of amides is 1. The van der Waals surface area contributed by atoms with Gasteiger partial charge in [-0.2, -0.15) is 0 Å². The predicted molar refractivity (Wildman–Crippen MR) is 116 cm³/mol. The van der Waals surface area contributed by atoms with E-state index in [2.05, 4.69) is 39.6 Å². The number of nitrogens with two attached hydrogens (primary N) is 1. The van der Waals surface area contributed by atoms with E-state index in [0.29, 0.717) is 18.3 Å². The van der Waals surface area contributed by atoms with Gasteiger partial charge in [-0.1, -0.05) is 6.07 Å². The van der Waals surface area contributed by atoms with Crippen LogP contribution in [0.25, 0.3) is 0 Å². The molecule has 3 heterocycles. The van der Waals surface area contributed by atoms with Crippen molar-refractivity contribution in [2.75, 3.05) is 39.3 Å². The molecule has 3 rings (SSSR count). The van der Waals surface area contributed by atoms with E-state index in [-0.39, 0.29) is 5.91 Å². The number of carbonyl (C=O) groups excluding carboxylic acids is 1. The maximum Gasteiger partial charge on any atom is 0.217 e. The molecule has 1 aromatic heterocycles. The van der Waals surface area contributed by atoms with Crippen LogP contribution >= 0.6 is 11.3 Å². The van der Waals surface area contributed by atoms with Gasteiger partial charge in [-0.05, 0) is 69.0 Å². The number of likely N-dealkylation sites (tertiary alicyclic amines) is 2. The van der Waals surface area contributed by atoms with Crippen LogP contribution in [0.3, 0.4) is 0 Å². The summed E-state index contributed by atoms with van der Waals surface area (Å²) in [7, 11) is 0. The molecule has 1 unspecified atom stereocenters. The number of thiophene rings is 1. The second-order valence-electron chi connectivity index (χ2n) is 8.12. The summed E-state index contributed by atoms with van der Waals surface area (Å²) in [5.74, 6) is 1.84. The predicted octanol–water partition coefficient (Wildman–Crippen LogP) is 2.51. The van der Waals surface area contributed by atoms with Gasteiger partial charge in [-0.15, -0.1) is 11.3 Å². The van der Waals surface area contributed by atoms with Crippen LogP contribution in [0.15, 0.2) is 22.5 Å². The lowest BCUT2D eigenvalue weighted by molar-refractivity contribution is -0.119. The number of carbonyl (C=O) groups is 1. The zero-order chi connectivity index (χ0) is 19.8. The Morgan fingerprint density at radius 2 is 2.11 bits per heavy atom. The molecule has 0 bridgehead atoms. The second kappa shape index (κ2) is 10.8. The van der Waals surface area contributed by atoms with E-state index in [1.54, 1.807) is 0 Å². The van der Waals surface area contributed by atoms with E-state index < -0.39 is 0 Å². The Morgan fingerprint density at radius 3 is 2.79 bits per heavy atom. The average molecular weight is 406 g/mol. The fourth-order valence-electron chi connectivity index (χ4n) is 4.30. The van der Waals surface area contributed by atoms with Crippen molar-refractivity contribution >= 4 is 23.2 Å². The van der Waals surface area contributed by atoms with E-state index in [4.69, 9.17) is 10.7 Å². The van der Waals surface area contributed by atoms with Gasteiger partial charge in [0.1, 0.15) is 0 Å². The lowest BCUT2D eigenvalue weighted by atomic mass is 9.94. The van der Waals surface area contributed by atoms with Crippen molar-refractivity contribution in [1.29, 1.82) is 0 Å². The number of nitrogens with one attached hydrogen (secondary N) is 1. The molecule has 28 heavy (non-hydrogen) atoms. The normalized spacial score (nSPS) is 22.4. The molecule has 156 valence electrons. The number of piperidine rings is 2. The number of primary amides is 1. The third-order valence-corrected chi connectivity index (χ3v) is 6.67. The van der Waals surface area contributed by atoms with E-state index >= 15 is 0 Å². The SMILES string of the molecule is CCNC(=NCC1CCN(Cc2cccs2)CC1)N1CCCC(CC(N)=O)C1. The molecule has 0 aromatic carbocycles. The van der Waals surface area contributed by atoms with Crippen molar-refractivity contribution in [1.82, 2.24) is 15.1 Å². The van der Waals surface area contributed by atoms with Gasteiger partial charge in [0.2, 0.25) is 5.91 Å².